The molecule has 1 fully saturated rings. The van der Waals surface area contributed by atoms with Crippen molar-refractivity contribution in [2.24, 2.45) is 0 Å². The lowest BCUT2D eigenvalue weighted by Gasteiger charge is -2.26. The van der Waals surface area contributed by atoms with Gasteiger partial charge in [0.1, 0.15) is 0 Å². The van der Waals surface area contributed by atoms with Crippen LogP contribution in [0.25, 0.3) is 6.08 Å². The lowest BCUT2D eigenvalue weighted by molar-refractivity contribution is -0.119. The topological polar surface area (TPSA) is 62.3 Å². The second-order valence-electron chi connectivity index (χ2n) is 4.79. The van der Waals surface area contributed by atoms with E-state index in [0.717, 1.165) is 37.9 Å². The molecule has 2 heterocycles. The van der Waals surface area contributed by atoms with E-state index in [1.807, 2.05) is 18.2 Å². The summed E-state index contributed by atoms with van der Waals surface area (Å²) in [4.78, 5) is 29.1. The van der Waals surface area contributed by atoms with Crippen molar-refractivity contribution in [3.63, 3.8) is 0 Å². The number of urea groups is 1. The van der Waals surface area contributed by atoms with Gasteiger partial charge in [0.25, 0.3) is 0 Å². The largest absolute Gasteiger partial charge is 0.324 e. The van der Waals surface area contributed by atoms with E-state index in [2.05, 4.69) is 10.3 Å². The minimum absolute atomic E-state index is 0.196. The van der Waals surface area contributed by atoms with Crippen LogP contribution in [0.4, 0.5) is 4.79 Å². The van der Waals surface area contributed by atoms with E-state index in [4.69, 9.17) is 0 Å². The van der Waals surface area contributed by atoms with Crippen LogP contribution in [0.5, 0.6) is 0 Å². The second kappa shape index (κ2) is 7.43. The average Bonchev–Trinajstić information content (AvgIpc) is 2.49. The monoisotopic (exact) mass is 273 g/mol. The van der Waals surface area contributed by atoms with E-state index in [1.54, 1.807) is 23.4 Å². The van der Waals surface area contributed by atoms with Crippen molar-refractivity contribution in [2.45, 2.75) is 25.7 Å². The maximum Gasteiger partial charge on any atom is 0.324 e. The Morgan fingerprint density at radius 3 is 2.60 bits per heavy atom. The highest BCUT2D eigenvalue weighted by Gasteiger charge is 2.17. The molecule has 1 saturated heterocycles. The van der Waals surface area contributed by atoms with Gasteiger partial charge in [-0.1, -0.05) is 12.2 Å². The molecule has 106 valence electrons. The minimum atomic E-state index is -0.272. The molecule has 1 aliphatic rings. The van der Waals surface area contributed by atoms with Crippen LogP contribution in [0.3, 0.4) is 0 Å². The molecule has 1 N–H and O–H groups in total. The third-order valence-corrected chi connectivity index (χ3v) is 3.21. The van der Waals surface area contributed by atoms with E-state index < -0.39 is 0 Å². The predicted molar refractivity (Wildman–Crippen MR) is 76.9 cm³/mol. The second-order valence-corrected chi connectivity index (χ2v) is 4.79. The molecular weight excluding hydrogens is 254 g/mol. The molecule has 3 amide bonds. The number of aromatic nitrogens is 1. The number of imide groups is 1. The number of carbonyl (C=O) groups is 2. The molecular formula is C15H19N3O2. The highest BCUT2D eigenvalue weighted by Crippen LogP contribution is 2.08. The smallest absolute Gasteiger partial charge is 0.324 e. The van der Waals surface area contributed by atoms with E-state index in [1.165, 1.54) is 0 Å². The number of piperidine rings is 1. The third kappa shape index (κ3) is 4.50. The normalized spacial score (nSPS) is 15.3. The van der Waals surface area contributed by atoms with Gasteiger partial charge in [-0.25, -0.2) is 4.79 Å². The molecule has 1 aliphatic heterocycles. The van der Waals surface area contributed by atoms with Gasteiger partial charge in [-0.3, -0.25) is 15.1 Å². The molecule has 0 unspecified atom stereocenters. The number of pyridine rings is 1. The highest BCUT2D eigenvalue weighted by atomic mass is 16.2. The Balaban J connectivity index is 1.75. The maximum atomic E-state index is 11.8. The van der Waals surface area contributed by atoms with Gasteiger partial charge in [-0.2, -0.15) is 0 Å². The summed E-state index contributed by atoms with van der Waals surface area (Å²) in [7, 11) is 0. The van der Waals surface area contributed by atoms with Crippen LogP contribution in [-0.4, -0.2) is 34.9 Å². The van der Waals surface area contributed by atoms with E-state index >= 15 is 0 Å². The zero-order chi connectivity index (χ0) is 14.2. The first-order valence-corrected chi connectivity index (χ1v) is 6.91. The number of nitrogens with zero attached hydrogens (tertiary/aromatic N) is 2. The van der Waals surface area contributed by atoms with E-state index in [0.29, 0.717) is 0 Å². The lowest BCUT2D eigenvalue weighted by Crippen LogP contribution is -2.44. The summed E-state index contributed by atoms with van der Waals surface area (Å²) < 4.78 is 0. The first-order chi connectivity index (χ1) is 9.75. The molecule has 5 nitrogen and oxygen atoms in total. The lowest BCUT2D eigenvalue weighted by atomic mass is 10.1. The van der Waals surface area contributed by atoms with Gasteiger partial charge < -0.3 is 4.90 Å². The summed E-state index contributed by atoms with van der Waals surface area (Å²) in [6.45, 7) is 1.48. The van der Waals surface area contributed by atoms with Crippen LogP contribution in [0.15, 0.2) is 30.6 Å². The fraction of sp³-hybridized carbons (Fsp3) is 0.400. The molecule has 1 aromatic rings. The van der Waals surface area contributed by atoms with Gasteiger partial charge in [-0.05, 0) is 37.0 Å². The van der Waals surface area contributed by atoms with Crippen molar-refractivity contribution in [2.75, 3.05) is 13.1 Å². The summed E-state index contributed by atoms with van der Waals surface area (Å²) in [6.07, 6.45) is 10.4. The molecule has 0 aliphatic carbocycles. The Bertz CT molecular complexity index is 479. The van der Waals surface area contributed by atoms with Gasteiger partial charge in [0.15, 0.2) is 0 Å². The zero-order valence-corrected chi connectivity index (χ0v) is 11.4. The number of amides is 3. The Kier molecular flexibility index (Phi) is 5.29. The number of likely N-dealkylation sites (tertiary alicyclic amines) is 1. The first-order valence-electron chi connectivity index (χ1n) is 6.91. The first kappa shape index (κ1) is 14.2. The molecule has 0 bridgehead atoms. The van der Waals surface area contributed by atoms with Crippen LogP contribution in [0.1, 0.15) is 31.2 Å². The highest BCUT2D eigenvalue weighted by molar-refractivity contribution is 5.95. The van der Waals surface area contributed by atoms with Gasteiger partial charge in [0, 0.05) is 31.9 Å². The van der Waals surface area contributed by atoms with Gasteiger partial charge >= 0.3 is 6.03 Å². The van der Waals surface area contributed by atoms with Crippen LogP contribution in [0.2, 0.25) is 0 Å². The van der Waals surface area contributed by atoms with E-state index in [9.17, 15) is 9.59 Å². The predicted octanol–water partition coefficient (Wildman–Crippen LogP) is 2.21. The quantitative estimate of drug-likeness (QED) is 0.918. The summed E-state index contributed by atoms with van der Waals surface area (Å²) in [6, 6.07) is 3.44. The number of nitrogens with one attached hydrogen (secondary N) is 1. The van der Waals surface area contributed by atoms with Crippen molar-refractivity contribution in [1.82, 2.24) is 15.2 Å². The zero-order valence-electron chi connectivity index (χ0n) is 11.4. The fourth-order valence-electron chi connectivity index (χ4n) is 2.12. The number of hydrogen-bond donors (Lipinski definition) is 1. The van der Waals surface area contributed by atoms with Crippen molar-refractivity contribution in [3.05, 3.63) is 36.2 Å². The molecule has 20 heavy (non-hydrogen) atoms. The Hall–Kier alpha value is -2.17. The Morgan fingerprint density at radius 2 is 1.90 bits per heavy atom. The number of rotatable bonds is 3. The summed E-state index contributed by atoms with van der Waals surface area (Å²) >= 11 is 0. The maximum absolute atomic E-state index is 11.8. The van der Waals surface area contributed by atoms with Crippen molar-refractivity contribution < 1.29 is 9.59 Å². The third-order valence-electron chi connectivity index (χ3n) is 3.21. The van der Waals surface area contributed by atoms with Crippen molar-refractivity contribution in [1.29, 1.82) is 0 Å². The van der Waals surface area contributed by atoms with Crippen LogP contribution >= 0.6 is 0 Å². The average molecular weight is 273 g/mol. The molecule has 1 aromatic heterocycles. The van der Waals surface area contributed by atoms with Gasteiger partial charge in [0.05, 0.1) is 0 Å². The standard InChI is InChI=1S/C15H19N3O2/c19-14(6-4-5-13-7-9-16-10-8-13)17-15(20)18-11-2-1-3-12-18/h4-5,7-10H,1-3,6,11-12H2,(H,17,19,20)/b5-4+. The van der Waals surface area contributed by atoms with Crippen LogP contribution in [0, 0.1) is 0 Å². The minimum Gasteiger partial charge on any atom is -0.324 e. The number of carbonyl (C=O) groups excluding carboxylic acids is 2. The SMILES string of the molecule is O=C(C/C=C/c1ccncc1)NC(=O)N1CCCCC1. The van der Waals surface area contributed by atoms with Crippen LogP contribution in [-0.2, 0) is 4.79 Å². The molecule has 0 saturated carbocycles. The van der Waals surface area contributed by atoms with Crippen molar-refractivity contribution in [3.8, 4) is 0 Å². The molecule has 2 rings (SSSR count). The summed E-state index contributed by atoms with van der Waals surface area (Å²) in [5, 5.41) is 2.42. The summed E-state index contributed by atoms with van der Waals surface area (Å²) in [5.74, 6) is -0.272. The molecule has 0 spiro atoms. The number of hydrogen-bond acceptors (Lipinski definition) is 3. The van der Waals surface area contributed by atoms with Gasteiger partial charge in [-0.15, -0.1) is 0 Å². The van der Waals surface area contributed by atoms with E-state index in [-0.39, 0.29) is 18.4 Å². The Labute approximate surface area is 118 Å². The van der Waals surface area contributed by atoms with Gasteiger partial charge in [0.2, 0.25) is 5.91 Å². The molecule has 0 atom stereocenters. The van der Waals surface area contributed by atoms with Crippen molar-refractivity contribution >= 4 is 18.0 Å². The molecule has 5 heteroatoms. The molecule has 0 aromatic carbocycles. The fourth-order valence-corrected chi connectivity index (χ4v) is 2.12. The summed E-state index contributed by atoms with van der Waals surface area (Å²) in [5.41, 5.74) is 0.982. The van der Waals surface area contributed by atoms with Crippen LogP contribution < -0.4 is 5.32 Å². The molecule has 0 radical (unpaired) electrons. The Morgan fingerprint density at radius 1 is 1.20 bits per heavy atom.